The van der Waals surface area contributed by atoms with Crippen LogP contribution in [-0.2, 0) is 14.3 Å². The molecule has 1 unspecified atom stereocenters. The van der Waals surface area contributed by atoms with Crippen molar-refractivity contribution < 1.29 is 29.6 Å². The van der Waals surface area contributed by atoms with Crippen molar-refractivity contribution in [1.29, 1.82) is 0 Å². The lowest BCUT2D eigenvalue weighted by Crippen LogP contribution is -2.34. The number of carbonyl (C=O) groups is 1. The Morgan fingerprint density at radius 2 is 1.36 bits per heavy atom. The van der Waals surface area contributed by atoms with Crippen molar-refractivity contribution in [2.45, 2.75) is 109 Å². The molecule has 1 rings (SSSR count). The van der Waals surface area contributed by atoms with Gasteiger partial charge in [-0.2, -0.15) is 0 Å². The van der Waals surface area contributed by atoms with Gasteiger partial charge in [0.1, 0.15) is 24.9 Å². The van der Waals surface area contributed by atoms with Gasteiger partial charge in [0.25, 0.3) is 0 Å². The molecule has 1 aliphatic heterocycles. The minimum Gasteiger partial charge on any atom is -0.463 e. The topological polar surface area (TPSA) is 96.2 Å². The quantitative estimate of drug-likeness (QED) is 0.325. The van der Waals surface area contributed by atoms with Crippen molar-refractivity contribution in [1.82, 2.24) is 0 Å². The molecule has 1 heterocycles. The van der Waals surface area contributed by atoms with Gasteiger partial charge in [-0.15, -0.1) is 0 Å². The molecule has 0 aliphatic carbocycles. The molecule has 0 aromatic rings. The van der Waals surface area contributed by atoms with Gasteiger partial charge in [-0.25, -0.2) is 0 Å². The molecule has 0 saturated carbocycles. The average Bonchev–Trinajstić information content (AvgIpc) is 2.84. The van der Waals surface area contributed by atoms with Crippen molar-refractivity contribution in [3.63, 3.8) is 0 Å². The fourth-order valence-electron chi connectivity index (χ4n) is 3.05. The van der Waals surface area contributed by atoms with Gasteiger partial charge in [-0.3, -0.25) is 4.79 Å². The second kappa shape index (κ2) is 13.5. The van der Waals surface area contributed by atoms with Crippen LogP contribution in [0.1, 0.15) is 84.0 Å². The van der Waals surface area contributed by atoms with Gasteiger partial charge >= 0.3 is 5.97 Å². The Kier molecular flexibility index (Phi) is 12.1. The molecule has 0 amide bonds. The smallest absolute Gasteiger partial charge is 0.305 e. The molecule has 6 nitrogen and oxygen atoms in total. The molecular weight excluding hydrogens is 324 g/mol. The average molecular weight is 360 g/mol. The van der Waals surface area contributed by atoms with Crippen LogP contribution in [0, 0.1) is 0 Å². The number of hydrogen-bond donors (Lipinski definition) is 3. The van der Waals surface area contributed by atoms with E-state index in [4.69, 9.17) is 9.47 Å². The van der Waals surface area contributed by atoms with E-state index in [-0.39, 0.29) is 12.6 Å². The molecule has 148 valence electrons. The van der Waals surface area contributed by atoms with Crippen molar-refractivity contribution in [2.75, 3.05) is 6.61 Å². The maximum atomic E-state index is 11.6. The maximum Gasteiger partial charge on any atom is 0.305 e. The normalized spacial score (nSPS) is 26.1. The molecule has 0 spiro atoms. The Hall–Kier alpha value is -0.690. The van der Waals surface area contributed by atoms with E-state index < -0.39 is 24.6 Å². The van der Waals surface area contributed by atoms with E-state index in [0.717, 1.165) is 19.3 Å². The van der Waals surface area contributed by atoms with Crippen LogP contribution in [0.25, 0.3) is 0 Å². The third-order valence-corrected chi connectivity index (χ3v) is 4.73. The Morgan fingerprint density at radius 3 is 1.84 bits per heavy atom. The Bertz CT molecular complexity index is 349. The van der Waals surface area contributed by atoms with E-state index in [1.165, 1.54) is 51.4 Å². The molecule has 4 atom stereocenters. The highest BCUT2D eigenvalue weighted by Crippen LogP contribution is 2.20. The van der Waals surface area contributed by atoms with Crippen molar-refractivity contribution in [3.8, 4) is 0 Å². The lowest BCUT2D eigenvalue weighted by Gasteiger charge is -2.14. The number of rotatable bonds is 14. The van der Waals surface area contributed by atoms with Crippen LogP contribution in [0.3, 0.4) is 0 Å². The SMILES string of the molecule is CCCCCCCCCCCCCC(=O)OC[C@H]1OC(O)[C@H](O)[C@H]1O. The lowest BCUT2D eigenvalue weighted by molar-refractivity contribution is -0.157. The summed E-state index contributed by atoms with van der Waals surface area (Å²) in [7, 11) is 0. The largest absolute Gasteiger partial charge is 0.463 e. The van der Waals surface area contributed by atoms with Crippen LogP contribution in [0.5, 0.6) is 0 Å². The second-order valence-electron chi connectivity index (χ2n) is 7.01. The first-order valence-corrected chi connectivity index (χ1v) is 9.91. The molecule has 1 saturated heterocycles. The van der Waals surface area contributed by atoms with Crippen molar-refractivity contribution in [2.24, 2.45) is 0 Å². The van der Waals surface area contributed by atoms with E-state index >= 15 is 0 Å². The van der Waals surface area contributed by atoms with Crippen LogP contribution in [0.15, 0.2) is 0 Å². The molecule has 0 aromatic heterocycles. The molecule has 0 aromatic carbocycles. The van der Waals surface area contributed by atoms with E-state index in [1.807, 2.05) is 0 Å². The first-order chi connectivity index (χ1) is 12.1. The highest BCUT2D eigenvalue weighted by molar-refractivity contribution is 5.69. The van der Waals surface area contributed by atoms with Crippen molar-refractivity contribution in [3.05, 3.63) is 0 Å². The van der Waals surface area contributed by atoms with Crippen LogP contribution in [0.2, 0.25) is 0 Å². The molecule has 1 aliphatic rings. The van der Waals surface area contributed by atoms with E-state index in [1.54, 1.807) is 0 Å². The standard InChI is InChI=1S/C19H36O6/c1-2-3-4-5-6-7-8-9-10-11-12-13-16(20)24-14-15-17(21)18(22)19(23)25-15/h15,17-19,21-23H,2-14H2,1H3/t15-,17+,18-,19?/m1/s1. The summed E-state index contributed by atoms with van der Waals surface area (Å²) in [5.74, 6) is -0.331. The molecule has 0 radical (unpaired) electrons. The third-order valence-electron chi connectivity index (χ3n) is 4.73. The number of carbonyl (C=O) groups excluding carboxylic acids is 1. The Balaban J connectivity index is 1.89. The van der Waals surface area contributed by atoms with E-state index in [2.05, 4.69) is 6.92 Å². The van der Waals surface area contributed by atoms with Gasteiger partial charge in [0.15, 0.2) is 6.29 Å². The Labute approximate surface area is 151 Å². The zero-order chi connectivity index (χ0) is 18.5. The fraction of sp³-hybridized carbons (Fsp3) is 0.947. The molecule has 25 heavy (non-hydrogen) atoms. The highest BCUT2D eigenvalue weighted by atomic mass is 16.7. The number of aliphatic hydroxyl groups excluding tert-OH is 3. The number of esters is 1. The number of hydrogen-bond acceptors (Lipinski definition) is 6. The van der Waals surface area contributed by atoms with Gasteiger partial charge in [0.2, 0.25) is 0 Å². The highest BCUT2D eigenvalue weighted by Gasteiger charge is 2.42. The zero-order valence-electron chi connectivity index (χ0n) is 15.6. The summed E-state index contributed by atoms with van der Waals surface area (Å²) in [6.45, 7) is 2.09. The summed E-state index contributed by atoms with van der Waals surface area (Å²) in [5, 5.41) is 28.2. The Morgan fingerprint density at radius 1 is 0.840 bits per heavy atom. The van der Waals surface area contributed by atoms with Crippen LogP contribution in [-0.4, -0.2) is 52.5 Å². The van der Waals surface area contributed by atoms with Crippen LogP contribution < -0.4 is 0 Å². The zero-order valence-corrected chi connectivity index (χ0v) is 15.6. The first-order valence-electron chi connectivity index (χ1n) is 9.91. The van der Waals surface area contributed by atoms with Gasteiger partial charge in [0, 0.05) is 6.42 Å². The predicted molar refractivity (Wildman–Crippen MR) is 94.9 cm³/mol. The van der Waals surface area contributed by atoms with Crippen molar-refractivity contribution >= 4 is 5.97 Å². The number of aliphatic hydroxyl groups is 3. The summed E-state index contributed by atoms with van der Waals surface area (Å²) in [6, 6.07) is 0. The summed E-state index contributed by atoms with van der Waals surface area (Å²) < 4.78 is 9.96. The summed E-state index contributed by atoms with van der Waals surface area (Å²) in [5.41, 5.74) is 0. The lowest BCUT2D eigenvalue weighted by atomic mass is 10.1. The fourth-order valence-corrected chi connectivity index (χ4v) is 3.05. The van der Waals surface area contributed by atoms with Crippen LogP contribution in [0.4, 0.5) is 0 Å². The third kappa shape index (κ3) is 9.54. The molecular formula is C19H36O6. The molecule has 1 fully saturated rings. The summed E-state index contributed by atoms with van der Waals surface area (Å²) in [4.78, 5) is 11.6. The summed E-state index contributed by atoms with van der Waals surface area (Å²) >= 11 is 0. The molecule has 3 N–H and O–H groups in total. The molecule has 0 bridgehead atoms. The minimum absolute atomic E-state index is 0.147. The van der Waals surface area contributed by atoms with Crippen LogP contribution >= 0.6 is 0 Å². The van der Waals surface area contributed by atoms with Gasteiger partial charge in [0.05, 0.1) is 0 Å². The predicted octanol–water partition coefficient (Wildman–Crippen LogP) is 2.67. The molecule has 6 heteroatoms. The second-order valence-corrected chi connectivity index (χ2v) is 7.01. The first kappa shape index (κ1) is 22.4. The number of ether oxygens (including phenoxy) is 2. The van der Waals surface area contributed by atoms with Gasteiger partial charge in [-0.1, -0.05) is 71.1 Å². The van der Waals surface area contributed by atoms with E-state index in [0.29, 0.717) is 6.42 Å². The van der Waals surface area contributed by atoms with E-state index in [9.17, 15) is 20.1 Å². The minimum atomic E-state index is -1.43. The number of unbranched alkanes of at least 4 members (excludes halogenated alkanes) is 10. The maximum absolute atomic E-state index is 11.6. The summed E-state index contributed by atoms with van der Waals surface area (Å²) in [6.07, 6.45) is 8.94. The monoisotopic (exact) mass is 360 g/mol. The van der Waals surface area contributed by atoms with Gasteiger partial charge < -0.3 is 24.8 Å². The van der Waals surface area contributed by atoms with Gasteiger partial charge in [-0.05, 0) is 6.42 Å².